The second-order valence-corrected chi connectivity index (χ2v) is 5.68. The van der Waals surface area contributed by atoms with Crippen LogP contribution in [0.25, 0.3) is 0 Å². The molecule has 0 aliphatic heterocycles. The fourth-order valence-electron chi connectivity index (χ4n) is 1.96. The summed E-state index contributed by atoms with van der Waals surface area (Å²) in [5.41, 5.74) is 0.331. The molecule has 0 spiro atoms. The lowest BCUT2D eigenvalue weighted by atomic mass is 10.0. The zero-order valence-electron chi connectivity index (χ0n) is 13.2. The van der Waals surface area contributed by atoms with Crippen LogP contribution in [0.1, 0.15) is 17.3 Å². The quantitative estimate of drug-likeness (QED) is 0.255. The summed E-state index contributed by atoms with van der Waals surface area (Å²) in [5, 5.41) is 2.87. The predicted molar refractivity (Wildman–Crippen MR) is 95.5 cm³/mol. The third-order valence-corrected chi connectivity index (χ3v) is 3.78. The minimum atomic E-state index is -0.798. The summed E-state index contributed by atoms with van der Waals surface area (Å²) in [6, 6.07) is 10.3. The van der Waals surface area contributed by atoms with Gasteiger partial charge in [0.2, 0.25) is 5.78 Å². The Hall–Kier alpha value is -2.37. The lowest BCUT2D eigenvalue weighted by molar-refractivity contribution is -0.138. The van der Waals surface area contributed by atoms with E-state index in [9.17, 15) is 14.0 Å². The third kappa shape index (κ3) is 4.81. The molecule has 0 amide bonds. The van der Waals surface area contributed by atoms with Crippen LogP contribution in [0.3, 0.4) is 0 Å². The van der Waals surface area contributed by atoms with E-state index in [4.69, 9.17) is 27.9 Å². The second kappa shape index (κ2) is 8.65. The summed E-state index contributed by atoms with van der Waals surface area (Å²) in [4.78, 5) is 24.8. The molecular formula is C18H14Cl2FNO3. The summed E-state index contributed by atoms with van der Waals surface area (Å²) in [6.45, 7) is 1.73. The third-order valence-electron chi connectivity index (χ3n) is 3.16. The van der Waals surface area contributed by atoms with Crippen molar-refractivity contribution in [3.63, 3.8) is 0 Å². The van der Waals surface area contributed by atoms with E-state index < -0.39 is 17.6 Å². The molecule has 2 aromatic carbocycles. The van der Waals surface area contributed by atoms with Crippen LogP contribution in [0, 0.1) is 5.82 Å². The highest BCUT2D eigenvalue weighted by Gasteiger charge is 2.23. The second-order valence-electron chi connectivity index (χ2n) is 4.86. The van der Waals surface area contributed by atoms with Crippen molar-refractivity contribution in [1.29, 1.82) is 0 Å². The minimum Gasteiger partial charge on any atom is -0.462 e. The zero-order chi connectivity index (χ0) is 18.4. The largest absolute Gasteiger partial charge is 0.462 e. The molecule has 0 radical (unpaired) electrons. The number of hydrogen-bond donors (Lipinski definition) is 1. The first-order chi connectivity index (χ1) is 11.9. The average molecular weight is 382 g/mol. The van der Waals surface area contributed by atoms with E-state index in [1.54, 1.807) is 25.1 Å². The standard InChI is InChI=1S/C18H14Cl2FNO3/c1-2-25-18(24)13(17(23)12-5-3-4-6-14(12)19)10-22-11-7-8-16(21)15(20)9-11/h3-10,22H,2H2,1H3/b13-10+. The normalized spacial score (nSPS) is 11.1. The molecule has 0 aliphatic carbocycles. The highest BCUT2D eigenvalue weighted by atomic mass is 35.5. The van der Waals surface area contributed by atoms with E-state index in [0.29, 0.717) is 5.69 Å². The number of carbonyl (C=O) groups excluding carboxylic acids is 2. The molecule has 2 aromatic rings. The topological polar surface area (TPSA) is 55.4 Å². The van der Waals surface area contributed by atoms with Crippen molar-refractivity contribution in [2.45, 2.75) is 6.92 Å². The average Bonchev–Trinajstić information content (AvgIpc) is 2.58. The summed E-state index contributed by atoms with van der Waals surface area (Å²) in [7, 11) is 0. The number of carbonyl (C=O) groups is 2. The molecule has 0 aromatic heterocycles. The fourth-order valence-corrected chi connectivity index (χ4v) is 2.36. The number of hydrogen-bond acceptors (Lipinski definition) is 4. The maximum Gasteiger partial charge on any atom is 0.343 e. The Morgan fingerprint density at radius 3 is 2.52 bits per heavy atom. The van der Waals surface area contributed by atoms with E-state index in [1.165, 1.54) is 30.5 Å². The van der Waals surface area contributed by atoms with Gasteiger partial charge in [-0.05, 0) is 37.3 Å². The smallest absolute Gasteiger partial charge is 0.343 e. The molecule has 130 valence electrons. The number of nitrogens with one attached hydrogen (secondary N) is 1. The molecule has 2 rings (SSSR count). The monoisotopic (exact) mass is 381 g/mol. The molecule has 7 heteroatoms. The Bertz CT molecular complexity index is 837. The van der Waals surface area contributed by atoms with Gasteiger partial charge in [0.15, 0.2) is 0 Å². The Kier molecular flexibility index (Phi) is 6.56. The predicted octanol–water partition coefficient (Wildman–Crippen LogP) is 4.87. The maximum atomic E-state index is 13.2. The van der Waals surface area contributed by atoms with Crippen molar-refractivity contribution in [1.82, 2.24) is 0 Å². The van der Waals surface area contributed by atoms with Crippen LogP contribution in [0.15, 0.2) is 54.2 Å². The lowest BCUT2D eigenvalue weighted by Gasteiger charge is -2.09. The maximum absolute atomic E-state index is 13.2. The molecule has 0 bridgehead atoms. The van der Waals surface area contributed by atoms with Gasteiger partial charge in [-0.25, -0.2) is 9.18 Å². The van der Waals surface area contributed by atoms with E-state index in [2.05, 4.69) is 5.32 Å². The number of Topliss-reactive ketones (excluding diaryl/α,β-unsaturated/α-hetero) is 1. The Labute approximate surface area is 154 Å². The minimum absolute atomic E-state index is 0.0893. The van der Waals surface area contributed by atoms with E-state index >= 15 is 0 Å². The Morgan fingerprint density at radius 1 is 1.16 bits per heavy atom. The van der Waals surface area contributed by atoms with Gasteiger partial charge in [0.1, 0.15) is 11.4 Å². The van der Waals surface area contributed by atoms with Gasteiger partial charge in [-0.2, -0.15) is 0 Å². The van der Waals surface area contributed by atoms with Gasteiger partial charge in [0.25, 0.3) is 0 Å². The summed E-state index contributed by atoms with van der Waals surface area (Å²) < 4.78 is 18.1. The number of rotatable bonds is 6. The summed E-state index contributed by atoms with van der Waals surface area (Å²) in [6.07, 6.45) is 1.19. The van der Waals surface area contributed by atoms with Crippen LogP contribution in [0.5, 0.6) is 0 Å². The summed E-state index contributed by atoms with van der Waals surface area (Å²) in [5.74, 6) is -1.97. The van der Waals surface area contributed by atoms with E-state index in [-0.39, 0.29) is 27.8 Å². The Morgan fingerprint density at radius 2 is 1.88 bits per heavy atom. The Balaban J connectivity index is 2.35. The molecule has 25 heavy (non-hydrogen) atoms. The van der Waals surface area contributed by atoms with Gasteiger partial charge in [0, 0.05) is 17.5 Å². The van der Waals surface area contributed by atoms with Crippen LogP contribution in [0.2, 0.25) is 10.0 Å². The molecule has 0 unspecified atom stereocenters. The number of anilines is 1. The van der Waals surface area contributed by atoms with Crippen LogP contribution in [-0.2, 0) is 9.53 Å². The van der Waals surface area contributed by atoms with Crippen molar-refractivity contribution in [3.05, 3.63) is 75.7 Å². The SMILES string of the molecule is CCOC(=O)/C(=C/Nc1ccc(F)c(Cl)c1)C(=O)c1ccccc1Cl. The number of benzene rings is 2. The fraction of sp³-hybridized carbons (Fsp3) is 0.111. The lowest BCUT2D eigenvalue weighted by Crippen LogP contribution is -2.18. The van der Waals surface area contributed by atoms with E-state index in [0.717, 1.165) is 0 Å². The highest BCUT2D eigenvalue weighted by Crippen LogP contribution is 2.22. The molecule has 0 saturated carbocycles. The van der Waals surface area contributed by atoms with Crippen LogP contribution in [0.4, 0.5) is 10.1 Å². The molecular weight excluding hydrogens is 368 g/mol. The summed E-state index contributed by atoms with van der Waals surface area (Å²) >= 11 is 11.7. The zero-order valence-corrected chi connectivity index (χ0v) is 14.7. The molecule has 0 heterocycles. The van der Waals surface area contributed by atoms with E-state index in [1.807, 2.05) is 0 Å². The van der Waals surface area contributed by atoms with Crippen molar-refractivity contribution in [3.8, 4) is 0 Å². The first-order valence-corrected chi connectivity index (χ1v) is 8.07. The van der Waals surface area contributed by atoms with Gasteiger partial charge >= 0.3 is 5.97 Å². The molecule has 0 aliphatic rings. The van der Waals surface area contributed by atoms with Gasteiger partial charge < -0.3 is 10.1 Å². The van der Waals surface area contributed by atoms with Crippen molar-refractivity contribution < 1.29 is 18.7 Å². The molecule has 1 N–H and O–H groups in total. The number of halogens is 3. The number of ether oxygens (including phenoxy) is 1. The van der Waals surface area contributed by atoms with Gasteiger partial charge in [-0.3, -0.25) is 4.79 Å². The van der Waals surface area contributed by atoms with Crippen LogP contribution < -0.4 is 5.32 Å². The highest BCUT2D eigenvalue weighted by molar-refractivity contribution is 6.37. The first-order valence-electron chi connectivity index (χ1n) is 7.32. The van der Waals surface area contributed by atoms with Crippen LogP contribution >= 0.6 is 23.2 Å². The van der Waals surface area contributed by atoms with Crippen molar-refractivity contribution in [2.75, 3.05) is 11.9 Å². The van der Waals surface area contributed by atoms with Crippen LogP contribution in [-0.4, -0.2) is 18.4 Å². The molecule has 0 saturated heterocycles. The van der Waals surface area contributed by atoms with Crippen molar-refractivity contribution in [2.24, 2.45) is 0 Å². The molecule has 4 nitrogen and oxygen atoms in total. The molecule has 0 fully saturated rings. The van der Waals surface area contributed by atoms with Gasteiger partial charge in [-0.15, -0.1) is 0 Å². The van der Waals surface area contributed by atoms with Gasteiger partial charge in [-0.1, -0.05) is 35.3 Å². The molecule has 0 atom stereocenters. The van der Waals surface area contributed by atoms with Gasteiger partial charge in [0.05, 0.1) is 16.7 Å². The number of esters is 1. The number of ketones is 1. The first kappa shape index (κ1) is 19.0. The van der Waals surface area contributed by atoms with Crippen molar-refractivity contribution >= 4 is 40.6 Å².